The first-order valence-corrected chi connectivity index (χ1v) is 3.92. The van der Waals surface area contributed by atoms with Crippen molar-refractivity contribution in [3.63, 3.8) is 0 Å². The van der Waals surface area contributed by atoms with Gasteiger partial charge in [0, 0.05) is 6.04 Å². The number of amides is 1. The third kappa shape index (κ3) is 2.86. The SMILES string of the molecule is NCCC(O)C(=O)NC1CC1. The molecule has 0 radical (unpaired) electrons. The van der Waals surface area contributed by atoms with Gasteiger partial charge in [0.15, 0.2) is 0 Å². The monoisotopic (exact) mass is 158 g/mol. The predicted octanol–water partition coefficient (Wildman–Crippen LogP) is -1.03. The fourth-order valence-corrected chi connectivity index (χ4v) is 0.814. The molecule has 0 aromatic carbocycles. The van der Waals surface area contributed by atoms with Crippen LogP contribution in [-0.4, -0.2) is 29.7 Å². The van der Waals surface area contributed by atoms with Gasteiger partial charge in [-0.25, -0.2) is 0 Å². The Morgan fingerprint density at radius 3 is 2.82 bits per heavy atom. The number of rotatable bonds is 4. The van der Waals surface area contributed by atoms with Gasteiger partial charge in [-0.2, -0.15) is 0 Å². The Kier molecular flexibility index (Phi) is 2.84. The number of nitrogens with two attached hydrogens (primary N) is 1. The second kappa shape index (κ2) is 3.69. The molecule has 11 heavy (non-hydrogen) atoms. The summed E-state index contributed by atoms with van der Waals surface area (Å²) in [6.45, 7) is 0.346. The van der Waals surface area contributed by atoms with Crippen LogP contribution in [0.15, 0.2) is 0 Å². The van der Waals surface area contributed by atoms with E-state index in [1.807, 2.05) is 0 Å². The number of carbonyl (C=O) groups excluding carboxylic acids is 1. The van der Waals surface area contributed by atoms with Crippen LogP contribution in [-0.2, 0) is 4.79 Å². The Bertz CT molecular complexity index is 145. The van der Waals surface area contributed by atoms with E-state index in [0.717, 1.165) is 12.8 Å². The number of hydrogen-bond donors (Lipinski definition) is 3. The summed E-state index contributed by atoms with van der Waals surface area (Å²) in [6.07, 6.45) is 1.52. The quantitative estimate of drug-likeness (QED) is 0.490. The largest absolute Gasteiger partial charge is 0.383 e. The molecule has 64 valence electrons. The summed E-state index contributed by atoms with van der Waals surface area (Å²) in [5, 5.41) is 11.8. The Labute approximate surface area is 65.8 Å². The third-order valence-corrected chi connectivity index (χ3v) is 1.67. The highest BCUT2D eigenvalue weighted by molar-refractivity contribution is 5.80. The van der Waals surface area contributed by atoms with E-state index >= 15 is 0 Å². The molecule has 0 spiro atoms. The summed E-state index contributed by atoms with van der Waals surface area (Å²) < 4.78 is 0. The fraction of sp³-hybridized carbons (Fsp3) is 0.857. The van der Waals surface area contributed by atoms with Gasteiger partial charge in [-0.15, -0.1) is 0 Å². The second-order valence-corrected chi connectivity index (χ2v) is 2.88. The molecule has 1 atom stereocenters. The van der Waals surface area contributed by atoms with Crippen molar-refractivity contribution in [2.45, 2.75) is 31.4 Å². The zero-order valence-electron chi connectivity index (χ0n) is 6.42. The minimum atomic E-state index is -0.916. The van der Waals surface area contributed by atoms with Crippen LogP contribution < -0.4 is 11.1 Å². The van der Waals surface area contributed by atoms with E-state index in [4.69, 9.17) is 10.8 Å². The number of aliphatic hydroxyl groups excluding tert-OH is 1. The fourth-order valence-electron chi connectivity index (χ4n) is 0.814. The molecular weight excluding hydrogens is 144 g/mol. The molecule has 0 heterocycles. The molecule has 0 aliphatic heterocycles. The number of carbonyl (C=O) groups is 1. The molecule has 1 unspecified atom stereocenters. The molecule has 1 amide bonds. The Morgan fingerprint density at radius 1 is 1.73 bits per heavy atom. The predicted molar refractivity (Wildman–Crippen MR) is 40.8 cm³/mol. The maximum Gasteiger partial charge on any atom is 0.249 e. The lowest BCUT2D eigenvalue weighted by atomic mass is 10.2. The van der Waals surface area contributed by atoms with Crippen LogP contribution in [0, 0.1) is 0 Å². The molecule has 0 saturated heterocycles. The maximum atomic E-state index is 11.0. The maximum absolute atomic E-state index is 11.0. The van der Waals surface area contributed by atoms with E-state index in [1.54, 1.807) is 0 Å². The van der Waals surface area contributed by atoms with Gasteiger partial charge in [-0.05, 0) is 25.8 Å². The standard InChI is InChI=1S/C7H14N2O2/c8-4-3-6(10)7(11)9-5-1-2-5/h5-6,10H,1-4,8H2,(H,9,11). The van der Waals surface area contributed by atoms with Crippen molar-refractivity contribution in [2.24, 2.45) is 5.73 Å². The van der Waals surface area contributed by atoms with Crippen molar-refractivity contribution >= 4 is 5.91 Å². The van der Waals surface area contributed by atoms with Crippen LogP contribution >= 0.6 is 0 Å². The van der Waals surface area contributed by atoms with E-state index < -0.39 is 6.10 Å². The molecule has 4 N–H and O–H groups in total. The zero-order chi connectivity index (χ0) is 8.27. The van der Waals surface area contributed by atoms with Gasteiger partial charge in [0.05, 0.1) is 0 Å². The highest BCUT2D eigenvalue weighted by atomic mass is 16.3. The van der Waals surface area contributed by atoms with Gasteiger partial charge in [0.2, 0.25) is 5.91 Å². The number of hydrogen-bond acceptors (Lipinski definition) is 3. The van der Waals surface area contributed by atoms with Crippen LogP contribution in [0.5, 0.6) is 0 Å². The Hall–Kier alpha value is -0.610. The molecular formula is C7H14N2O2. The van der Waals surface area contributed by atoms with Crippen molar-refractivity contribution in [1.29, 1.82) is 0 Å². The minimum absolute atomic E-state index is 0.280. The van der Waals surface area contributed by atoms with E-state index in [9.17, 15) is 4.79 Å². The first-order valence-electron chi connectivity index (χ1n) is 3.92. The highest BCUT2D eigenvalue weighted by Crippen LogP contribution is 2.18. The van der Waals surface area contributed by atoms with Gasteiger partial charge in [0.25, 0.3) is 0 Å². The van der Waals surface area contributed by atoms with Crippen LogP contribution in [0.25, 0.3) is 0 Å². The summed E-state index contributed by atoms with van der Waals surface area (Å²) in [6, 6.07) is 0.315. The zero-order valence-corrected chi connectivity index (χ0v) is 6.42. The lowest BCUT2D eigenvalue weighted by Crippen LogP contribution is -2.36. The number of nitrogens with one attached hydrogen (secondary N) is 1. The highest BCUT2D eigenvalue weighted by Gasteiger charge is 2.25. The van der Waals surface area contributed by atoms with Gasteiger partial charge in [-0.3, -0.25) is 4.79 Å². The molecule has 4 heteroatoms. The lowest BCUT2D eigenvalue weighted by Gasteiger charge is -2.08. The van der Waals surface area contributed by atoms with Gasteiger partial charge < -0.3 is 16.2 Å². The van der Waals surface area contributed by atoms with Gasteiger partial charge in [-0.1, -0.05) is 0 Å². The summed E-state index contributed by atoms with van der Waals surface area (Å²) >= 11 is 0. The van der Waals surface area contributed by atoms with Gasteiger partial charge >= 0.3 is 0 Å². The molecule has 1 aliphatic carbocycles. The minimum Gasteiger partial charge on any atom is -0.383 e. The Morgan fingerprint density at radius 2 is 2.36 bits per heavy atom. The van der Waals surface area contributed by atoms with Crippen molar-refractivity contribution in [3.8, 4) is 0 Å². The van der Waals surface area contributed by atoms with Crippen LogP contribution in [0.4, 0.5) is 0 Å². The molecule has 0 bridgehead atoms. The summed E-state index contributed by atoms with van der Waals surface area (Å²) in [5.41, 5.74) is 5.17. The number of aliphatic hydroxyl groups is 1. The van der Waals surface area contributed by atoms with Crippen molar-refractivity contribution in [2.75, 3.05) is 6.54 Å². The Balaban J connectivity index is 2.15. The molecule has 1 fully saturated rings. The van der Waals surface area contributed by atoms with Crippen LogP contribution in [0.1, 0.15) is 19.3 Å². The summed E-state index contributed by atoms with van der Waals surface area (Å²) in [4.78, 5) is 11.0. The van der Waals surface area contributed by atoms with Crippen LogP contribution in [0.2, 0.25) is 0 Å². The van der Waals surface area contributed by atoms with Crippen molar-refractivity contribution in [3.05, 3.63) is 0 Å². The smallest absolute Gasteiger partial charge is 0.249 e. The average Bonchev–Trinajstić information content (AvgIpc) is 2.72. The average molecular weight is 158 g/mol. The van der Waals surface area contributed by atoms with Crippen molar-refractivity contribution in [1.82, 2.24) is 5.32 Å². The molecule has 0 aromatic heterocycles. The molecule has 1 aliphatic rings. The first kappa shape index (κ1) is 8.49. The van der Waals surface area contributed by atoms with E-state index in [1.165, 1.54) is 0 Å². The van der Waals surface area contributed by atoms with E-state index in [0.29, 0.717) is 19.0 Å². The van der Waals surface area contributed by atoms with E-state index in [2.05, 4.69) is 5.32 Å². The second-order valence-electron chi connectivity index (χ2n) is 2.88. The van der Waals surface area contributed by atoms with Crippen LogP contribution in [0.3, 0.4) is 0 Å². The molecule has 1 saturated carbocycles. The summed E-state index contributed by atoms with van der Waals surface area (Å²) in [7, 11) is 0. The summed E-state index contributed by atoms with van der Waals surface area (Å²) in [5.74, 6) is -0.280. The molecule has 1 rings (SSSR count). The van der Waals surface area contributed by atoms with Gasteiger partial charge in [0.1, 0.15) is 6.10 Å². The lowest BCUT2D eigenvalue weighted by molar-refractivity contribution is -0.129. The normalized spacial score (nSPS) is 19.5. The van der Waals surface area contributed by atoms with Crippen molar-refractivity contribution < 1.29 is 9.90 Å². The first-order chi connectivity index (χ1) is 5.24. The molecule has 4 nitrogen and oxygen atoms in total. The molecule has 0 aromatic rings. The topological polar surface area (TPSA) is 75.3 Å². The third-order valence-electron chi connectivity index (χ3n) is 1.67. The van der Waals surface area contributed by atoms with E-state index in [-0.39, 0.29) is 5.91 Å².